The zero-order chi connectivity index (χ0) is 9.97. The number of rotatable bonds is 2. The highest BCUT2D eigenvalue weighted by Crippen LogP contribution is 2.24. The fourth-order valence-electron chi connectivity index (χ4n) is 1.47. The maximum atomic E-state index is 13.2. The first-order valence-electron chi connectivity index (χ1n) is 4.55. The van der Waals surface area contributed by atoms with E-state index in [0.29, 0.717) is 10.5 Å². The predicted octanol–water partition coefficient (Wildman–Crippen LogP) is 3.51. The first-order chi connectivity index (χ1) is 6.75. The molecule has 1 saturated heterocycles. The van der Waals surface area contributed by atoms with E-state index in [1.54, 1.807) is 6.07 Å². The van der Waals surface area contributed by atoms with Gasteiger partial charge in [0.1, 0.15) is 5.82 Å². The van der Waals surface area contributed by atoms with Gasteiger partial charge >= 0.3 is 0 Å². The molecule has 1 aliphatic rings. The number of halogens is 2. The molecule has 0 radical (unpaired) electrons. The Labute approximate surface area is 95.6 Å². The summed E-state index contributed by atoms with van der Waals surface area (Å²) in [7, 11) is 0. The van der Waals surface area contributed by atoms with Crippen LogP contribution in [0, 0.1) is 5.82 Å². The molecule has 14 heavy (non-hydrogen) atoms. The molecule has 0 aromatic heterocycles. The molecule has 1 atom stereocenters. The van der Waals surface area contributed by atoms with Gasteiger partial charge in [0.15, 0.2) is 0 Å². The van der Waals surface area contributed by atoms with Crippen molar-refractivity contribution in [3.05, 3.63) is 28.5 Å². The van der Waals surface area contributed by atoms with Gasteiger partial charge in [-0.2, -0.15) is 11.8 Å². The van der Waals surface area contributed by atoms with Crippen LogP contribution in [0.3, 0.4) is 0 Å². The fourth-order valence-corrected chi connectivity index (χ4v) is 2.87. The quantitative estimate of drug-likeness (QED) is 0.887. The summed E-state index contributed by atoms with van der Waals surface area (Å²) in [4.78, 5) is 0. The zero-order valence-electron chi connectivity index (χ0n) is 7.59. The lowest BCUT2D eigenvalue weighted by Gasteiger charge is -2.12. The van der Waals surface area contributed by atoms with E-state index in [1.807, 2.05) is 17.8 Å². The maximum absolute atomic E-state index is 13.2. The minimum atomic E-state index is -0.208. The molecule has 1 aromatic rings. The van der Waals surface area contributed by atoms with Crippen molar-refractivity contribution in [1.82, 2.24) is 0 Å². The van der Waals surface area contributed by atoms with E-state index < -0.39 is 0 Å². The first-order valence-corrected chi connectivity index (χ1v) is 6.50. The summed E-state index contributed by atoms with van der Waals surface area (Å²) in [5.74, 6) is 2.12. The largest absolute Gasteiger partial charge is 0.381 e. The number of thioether (sulfide) groups is 1. The molecule has 1 N–H and O–H groups in total. The number of benzene rings is 1. The summed E-state index contributed by atoms with van der Waals surface area (Å²) in [6, 6.07) is 5.67. The van der Waals surface area contributed by atoms with Crippen LogP contribution in [-0.4, -0.2) is 17.5 Å². The SMILES string of the molecule is Fc1cc(N[C@H]2CCSC2)ccc1Br. The van der Waals surface area contributed by atoms with E-state index >= 15 is 0 Å². The summed E-state index contributed by atoms with van der Waals surface area (Å²) in [5.41, 5.74) is 0.873. The Morgan fingerprint density at radius 1 is 1.50 bits per heavy atom. The molecule has 76 valence electrons. The normalized spacial score (nSPS) is 21.1. The van der Waals surface area contributed by atoms with E-state index in [-0.39, 0.29) is 5.82 Å². The molecule has 4 heteroatoms. The fraction of sp³-hybridized carbons (Fsp3) is 0.400. The van der Waals surface area contributed by atoms with Gasteiger partial charge in [-0.1, -0.05) is 0 Å². The highest BCUT2D eigenvalue weighted by atomic mass is 79.9. The molecule has 1 aliphatic heterocycles. The Kier molecular flexibility index (Phi) is 3.34. The van der Waals surface area contributed by atoms with Crippen LogP contribution in [0.15, 0.2) is 22.7 Å². The Morgan fingerprint density at radius 3 is 3.00 bits per heavy atom. The Bertz CT molecular complexity index is 326. The van der Waals surface area contributed by atoms with Crippen molar-refractivity contribution in [2.75, 3.05) is 16.8 Å². The van der Waals surface area contributed by atoms with Crippen molar-refractivity contribution in [3.63, 3.8) is 0 Å². The topological polar surface area (TPSA) is 12.0 Å². The van der Waals surface area contributed by atoms with Gasteiger partial charge in [0, 0.05) is 17.5 Å². The van der Waals surface area contributed by atoms with Gasteiger partial charge in [0.25, 0.3) is 0 Å². The van der Waals surface area contributed by atoms with Crippen molar-refractivity contribution in [2.45, 2.75) is 12.5 Å². The molecule has 0 aliphatic carbocycles. The van der Waals surface area contributed by atoms with Crippen molar-refractivity contribution in [3.8, 4) is 0 Å². The van der Waals surface area contributed by atoms with Gasteiger partial charge in [0.2, 0.25) is 0 Å². The summed E-state index contributed by atoms with van der Waals surface area (Å²) in [6.07, 6.45) is 1.17. The number of hydrogen-bond acceptors (Lipinski definition) is 2. The van der Waals surface area contributed by atoms with Crippen molar-refractivity contribution < 1.29 is 4.39 Å². The lowest BCUT2D eigenvalue weighted by molar-refractivity contribution is 0.621. The molecular weight excluding hydrogens is 265 g/mol. The lowest BCUT2D eigenvalue weighted by atomic mass is 10.2. The van der Waals surface area contributed by atoms with Crippen LogP contribution in [0.2, 0.25) is 0 Å². The molecule has 1 aromatic carbocycles. The second-order valence-electron chi connectivity index (χ2n) is 3.33. The summed E-state index contributed by atoms with van der Waals surface area (Å²) < 4.78 is 13.7. The molecule has 1 heterocycles. The number of nitrogens with one attached hydrogen (secondary N) is 1. The molecule has 0 bridgehead atoms. The van der Waals surface area contributed by atoms with E-state index in [1.165, 1.54) is 18.2 Å². The first kappa shape index (κ1) is 10.3. The molecule has 1 fully saturated rings. The lowest BCUT2D eigenvalue weighted by Crippen LogP contribution is -2.17. The monoisotopic (exact) mass is 275 g/mol. The summed E-state index contributed by atoms with van der Waals surface area (Å²) >= 11 is 5.08. The zero-order valence-corrected chi connectivity index (χ0v) is 10.00. The van der Waals surface area contributed by atoms with Gasteiger partial charge in [-0.25, -0.2) is 4.39 Å². The molecule has 1 nitrogen and oxygen atoms in total. The maximum Gasteiger partial charge on any atom is 0.139 e. The minimum Gasteiger partial charge on any atom is -0.381 e. The average Bonchev–Trinajstić information content (AvgIpc) is 2.64. The Morgan fingerprint density at radius 2 is 2.36 bits per heavy atom. The minimum absolute atomic E-state index is 0.208. The summed E-state index contributed by atoms with van der Waals surface area (Å²) in [6.45, 7) is 0. The van der Waals surface area contributed by atoms with Crippen LogP contribution in [0.1, 0.15) is 6.42 Å². The van der Waals surface area contributed by atoms with Crippen LogP contribution in [0.4, 0.5) is 10.1 Å². The molecular formula is C10H11BrFNS. The standard InChI is InChI=1S/C10H11BrFNS/c11-9-2-1-7(5-10(9)12)13-8-3-4-14-6-8/h1-2,5,8,13H,3-4,6H2/t8-/m0/s1. The predicted molar refractivity (Wildman–Crippen MR) is 63.5 cm³/mol. The van der Waals surface area contributed by atoms with E-state index in [4.69, 9.17) is 0 Å². The van der Waals surface area contributed by atoms with E-state index in [2.05, 4.69) is 21.2 Å². The third-order valence-electron chi connectivity index (χ3n) is 2.22. The third kappa shape index (κ3) is 2.42. The van der Waals surface area contributed by atoms with E-state index in [0.717, 1.165) is 11.4 Å². The Hall–Kier alpha value is -0.220. The molecule has 0 saturated carbocycles. The van der Waals surface area contributed by atoms with Crippen LogP contribution in [0.25, 0.3) is 0 Å². The molecule has 0 spiro atoms. The molecule has 0 amide bonds. The van der Waals surface area contributed by atoms with Crippen molar-refractivity contribution in [1.29, 1.82) is 0 Å². The van der Waals surface area contributed by atoms with Crippen LogP contribution >= 0.6 is 27.7 Å². The van der Waals surface area contributed by atoms with Gasteiger partial charge in [0.05, 0.1) is 4.47 Å². The van der Waals surface area contributed by atoms with Crippen LogP contribution in [-0.2, 0) is 0 Å². The van der Waals surface area contributed by atoms with Crippen molar-refractivity contribution in [2.24, 2.45) is 0 Å². The van der Waals surface area contributed by atoms with Crippen LogP contribution in [0.5, 0.6) is 0 Å². The highest BCUT2D eigenvalue weighted by Gasteiger charge is 2.15. The van der Waals surface area contributed by atoms with Gasteiger partial charge in [-0.15, -0.1) is 0 Å². The highest BCUT2D eigenvalue weighted by molar-refractivity contribution is 9.10. The third-order valence-corrected chi connectivity index (χ3v) is 4.03. The Balaban J connectivity index is 2.05. The van der Waals surface area contributed by atoms with Gasteiger partial charge in [-0.3, -0.25) is 0 Å². The van der Waals surface area contributed by atoms with Gasteiger partial charge < -0.3 is 5.32 Å². The number of anilines is 1. The van der Waals surface area contributed by atoms with Crippen molar-refractivity contribution >= 4 is 33.4 Å². The molecule has 2 rings (SSSR count). The van der Waals surface area contributed by atoms with Crippen LogP contribution < -0.4 is 5.32 Å². The number of hydrogen-bond donors (Lipinski definition) is 1. The summed E-state index contributed by atoms with van der Waals surface area (Å²) in [5, 5.41) is 3.33. The van der Waals surface area contributed by atoms with Gasteiger partial charge in [-0.05, 0) is 46.3 Å². The van der Waals surface area contributed by atoms with E-state index in [9.17, 15) is 4.39 Å². The smallest absolute Gasteiger partial charge is 0.139 e. The second kappa shape index (κ2) is 4.53. The second-order valence-corrected chi connectivity index (χ2v) is 5.34. The molecule has 0 unspecified atom stereocenters. The average molecular weight is 276 g/mol.